The molecule has 2 N–H and O–H groups in total. The molecule has 4 nitrogen and oxygen atoms in total. The highest BCUT2D eigenvalue weighted by atomic mass is 16.2. The Balaban J connectivity index is 1.13. The summed E-state index contributed by atoms with van der Waals surface area (Å²) in [6.45, 7) is 14.7. The molecular formula is C40H56N2O2. The van der Waals surface area contributed by atoms with Crippen molar-refractivity contribution in [2.24, 2.45) is 51.8 Å². The van der Waals surface area contributed by atoms with E-state index in [0.717, 1.165) is 48.9 Å². The average molecular weight is 597 g/mol. The van der Waals surface area contributed by atoms with Crippen LogP contribution in [0.15, 0.2) is 60.5 Å². The molecule has 0 saturated heterocycles. The van der Waals surface area contributed by atoms with Crippen LogP contribution in [0.25, 0.3) is 0 Å². The van der Waals surface area contributed by atoms with Gasteiger partial charge in [0.1, 0.15) is 5.78 Å². The number of hydrogen-bond donors (Lipinski definition) is 2. The van der Waals surface area contributed by atoms with Gasteiger partial charge < -0.3 is 10.6 Å². The lowest BCUT2D eigenvalue weighted by molar-refractivity contribution is -0.162. The Morgan fingerprint density at radius 3 is 2.41 bits per heavy atom. The first kappa shape index (κ1) is 31.4. The first-order valence-electron chi connectivity index (χ1n) is 17.7. The molecule has 4 heteroatoms. The summed E-state index contributed by atoms with van der Waals surface area (Å²) in [5.74, 6) is 4.12. The maximum atomic E-state index is 13.7. The molecule has 0 radical (unpaired) electrons. The van der Waals surface area contributed by atoms with Crippen molar-refractivity contribution in [2.75, 3.05) is 6.54 Å². The maximum absolute atomic E-state index is 13.7. The van der Waals surface area contributed by atoms with E-state index in [4.69, 9.17) is 0 Å². The van der Waals surface area contributed by atoms with Crippen molar-refractivity contribution in [3.63, 3.8) is 0 Å². The van der Waals surface area contributed by atoms with Gasteiger partial charge in [0.15, 0.2) is 0 Å². The Morgan fingerprint density at radius 2 is 1.66 bits per heavy atom. The largest absolute Gasteiger partial charge is 0.364 e. The van der Waals surface area contributed by atoms with Gasteiger partial charge in [0.25, 0.3) is 0 Å². The summed E-state index contributed by atoms with van der Waals surface area (Å²) in [6, 6.07) is 8.68. The van der Waals surface area contributed by atoms with E-state index >= 15 is 0 Å². The van der Waals surface area contributed by atoms with E-state index in [9.17, 15) is 9.59 Å². The monoisotopic (exact) mass is 596 g/mol. The van der Waals surface area contributed by atoms with Crippen molar-refractivity contribution < 1.29 is 9.59 Å². The fourth-order valence-corrected chi connectivity index (χ4v) is 11.1. The fraction of sp³-hybridized carbons (Fsp3) is 0.650. The molecule has 1 heterocycles. The van der Waals surface area contributed by atoms with Crippen molar-refractivity contribution in [1.29, 1.82) is 0 Å². The summed E-state index contributed by atoms with van der Waals surface area (Å²) < 4.78 is 0. The van der Waals surface area contributed by atoms with Crippen molar-refractivity contribution in [3.8, 4) is 0 Å². The van der Waals surface area contributed by atoms with Crippen molar-refractivity contribution in [3.05, 3.63) is 71.6 Å². The molecule has 0 aromatic heterocycles. The lowest BCUT2D eigenvalue weighted by Gasteiger charge is -2.64. The van der Waals surface area contributed by atoms with E-state index in [1.807, 2.05) is 25.3 Å². The second-order valence-electron chi connectivity index (χ2n) is 16.2. The van der Waals surface area contributed by atoms with Gasteiger partial charge in [0, 0.05) is 24.9 Å². The highest BCUT2D eigenvalue weighted by Gasteiger charge is 2.64. The number of carbonyl (C=O) groups excluding carboxylic acids is 2. The van der Waals surface area contributed by atoms with E-state index in [-0.39, 0.29) is 22.7 Å². The quantitative estimate of drug-likeness (QED) is 0.332. The predicted molar refractivity (Wildman–Crippen MR) is 180 cm³/mol. The second-order valence-corrected chi connectivity index (χ2v) is 16.2. The Kier molecular flexibility index (Phi) is 8.52. The molecule has 0 spiro atoms. The predicted octanol–water partition coefficient (Wildman–Crippen LogP) is 8.51. The standard InChI is InChI=1S/C40H56N2O2/c1-26(2)24-28-11-13-29(14-12-28)27(3)37(44)42-25-30-15-17-32-31-16-18-34-39(5,33(31)19-21-38(30,32)4)22-20-36(43)40(34,6)35-10-8-7-9-23-41-35/h7-14,23,26-27,30-34,41H,15-22,24-25H2,1-6H3,(H,42,44)/t27?,30?,31-,32-,33-,34+,38+,39+,40?/m0/s1. The first-order valence-corrected chi connectivity index (χ1v) is 17.7. The molecule has 44 heavy (non-hydrogen) atoms. The minimum Gasteiger partial charge on any atom is -0.364 e. The molecule has 4 fully saturated rings. The Morgan fingerprint density at radius 1 is 0.909 bits per heavy atom. The Bertz CT molecular complexity index is 1340. The zero-order chi connectivity index (χ0) is 31.3. The molecular weight excluding hydrogens is 540 g/mol. The number of allylic oxidation sites excluding steroid dienone is 5. The van der Waals surface area contributed by atoms with Gasteiger partial charge in [0.05, 0.1) is 11.3 Å². The lowest BCUT2D eigenvalue weighted by Crippen LogP contribution is -2.60. The number of fused-ring (bicyclic) bond motifs is 5. The number of nitrogens with one attached hydrogen (secondary N) is 2. The Labute approximate surface area is 266 Å². The van der Waals surface area contributed by atoms with Gasteiger partial charge >= 0.3 is 0 Å². The molecule has 6 rings (SSSR count). The smallest absolute Gasteiger partial charge is 0.227 e. The molecule has 0 bridgehead atoms. The van der Waals surface area contributed by atoms with E-state index in [1.165, 1.54) is 37.7 Å². The van der Waals surface area contributed by atoms with Crippen LogP contribution in [-0.2, 0) is 16.0 Å². The van der Waals surface area contributed by atoms with Crippen LogP contribution in [0.4, 0.5) is 0 Å². The summed E-state index contributed by atoms with van der Waals surface area (Å²) in [5.41, 5.74) is 3.55. The number of Topliss-reactive ketones (excluding diaryl/α,β-unsaturated/α-hetero) is 1. The molecule has 1 aromatic rings. The molecule has 9 atom stereocenters. The van der Waals surface area contributed by atoms with Crippen LogP contribution < -0.4 is 10.6 Å². The SMILES string of the molecule is CC(C)Cc1ccc(C(C)C(=O)NCC2CC[C@H]3[C@@H]4CC[C@H]5C(C)(C6=CC=CC=CN6)C(=O)CC[C@]5(C)[C@H]4CC[C@]23C)cc1. The van der Waals surface area contributed by atoms with Gasteiger partial charge in [-0.1, -0.05) is 64.1 Å². The second kappa shape index (κ2) is 12.0. The average Bonchev–Trinajstić information content (AvgIpc) is 3.14. The molecule has 3 unspecified atom stereocenters. The summed E-state index contributed by atoms with van der Waals surface area (Å²) in [7, 11) is 0. The van der Waals surface area contributed by atoms with E-state index in [0.29, 0.717) is 35.9 Å². The lowest BCUT2D eigenvalue weighted by atomic mass is 9.40. The zero-order valence-electron chi connectivity index (χ0n) is 28.1. The van der Waals surface area contributed by atoms with Crippen LogP contribution in [0, 0.1) is 51.8 Å². The molecule has 4 aliphatic carbocycles. The van der Waals surface area contributed by atoms with Crippen LogP contribution >= 0.6 is 0 Å². The van der Waals surface area contributed by atoms with Crippen molar-refractivity contribution in [2.45, 2.75) is 105 Å². The summed E-state index contributed by atoms with van der Waals surface area (Å²) in [4.78, 5) is 27.1. The minimum atomic E-state index is -0.453. The van der Waals surface area contributed by atoms with Gasteiger partial charge in [-0.2, -0.15) is 0 Å². The van der Waals surface area contributed by atoms with Gasteiger partial charge in [-0.15, -0.1) is 0 Å². The molecule has 1 amide bonds. The number of hydrogen-bond acceptors (Lipinski definition) is 3. The normalized spacial score (nSPS) is 38.6. The van der Waals surface area contributed by atoms with E-state index in [1.54, 1.807) is 0 Å². The topological polar surface area (TPSA) is 58.2 Å². The van der Waals surface area contributed by atoms with Crippen LogP contribution in [0.5, 0.6) is 0 Å². The fourth-order valence-electron chi connectivity index (χ4n) is 11.1. The third-order valence-corrected chi connectivity index (χ3v) is 13.7. The van der Waals surface area contributed by atoms with E-state index in [2.05, 4.69) is 81.7 Å². The van der Waals surface area contributed by atoms with Crippen LogP contribution in [-0.4, -0.2) is 18.2 Å². The molecule has 4 saturated carbocycles. The molecule has 5 aliphatic rings. The summed E-state index contributed by atoms with van der Waals surface area (Å²) >= 11 is 0. The number of rotatable bonds is 7. The number of carbonyl (C=O) groups is 2. The van der Waals surface area contributed by atoms with Crippen LogP contribution in [0.1, 0.15) is 110 Å². The van der Waals surface area contributed by atoms with Gasteiger partial charge in [-0.3, -0.25) is 9.59 Å². The summed E-state index contributed by atoms with van der Waals surface area (Å²) in [6.07, 6.45) is 20.4. The van der Waals surface area contributed by atoms with Crippen LogP contribution in [0.3, 0.4) is 0 Å². The third kappa shape index (κ3) is 5.22. The Hall–Kier alpha value is -2.62. The summed E-state index contributed by atoms with van der Waals surface area (Å²) in [5, 5.41) is 6.92. The highest BCUT2D eigenvalue weighted by molar-refractivity contribution is 5.89. The van der Waals surface area contributed by atoms with Crippen molar-refractivity contribution in [1.82, 2.24) is 10.6 Å². The first-order chi connectivity index (χ1) is 21.0. The highest BCUT2D eigenvalue weighted by Crippen LogP contribution is 2.69. The zero-order valence-corrected chi connectivity index (χ0v) is 28.1. The molecule has 1 aromatic carbocycles. The van der Waals surface area contributed by atoms with Gasteiger partial charge in [-0.25, -0.2) is 0 Å². The number of ketones is 1. The van der Waals surface area contributed by atoms with Gasteiger partial charge in [-0.05, 0) is 135 Å². The maximum Gasteiger partial charge on any atom is 0.227 e. The van der Waals surface area contributed by atoms with Gasteiger partial charge in [0.2, 0.25) is 5.91 Å². The number of amides is 1. The molecule has 1 aliphatic heterocycles. The number of benzene rings is 1. The van der Waals surface area contributed by atoms with Crippen LogP contribution in [0.2, 0.25) is 0 Å². The minimum absolute atomic E-state index is 0.133. The van der Waals surface area contributed by atoms with E-state index < -0.39 is 5.41 Å². The molecule has 238 valence electrons. The van der Waals surface area contributed by atoms with Crippen molar-refractivity contribution >= 4 is 11.7 Å². The third-order valence-electron chi connectivity index (χ3n) is 13.7.